The lowest BCUT2D eigenvalue weighted by Crippen LogP contribution is -2.54. The van der Waals surface area contributed by atoms with E-state index in [1.165, 1.54) is 6.08 Å². The molecule has 0 bridgehead atoms. The smallest absolute Gasteiger partial charge is 0.273 e. The molecule has 3 aromatic carbocycles. The fourth-order valence-corrected chi connectivity index (χ4v) is 4.22. The molecular formula is C27H22N4O3. The molecule has 1 N–H and O–H groups in total. The average Bonchev–Trinajstić information content (AvgIpc) is 3.10. The first kappa shape index (κ1) is 21.3. The summed E-state index contributed by atoms with van der Waals surface area (Å²) in [4.78, 5) is 39.4. The first-order chi connectivity index (χ1) is 16.3. The Morgan fingerprint density at radius 3 is 2.32 bits per heavy atom. The molecule has 34 heavy (non-hydrogen) atoms. The van der Waals surface area contributed by atoms with E-state index < -0.39 is 17.8 Å². The molecule has 1 aliphatic rings. The SMILES string of the molecule is Cc1ccc(N2C(=O)NC(=O)/C(=C\c3c(C)nn(-c4cccc5ccccc45)c3C)C2=O)cc1. The number of fused-ring (bicyclic) bond motifs is 1. The van der Waals surface area contributed by atoms with Crippen LogP contribution in [0.1, 0.15) is 22.5 Å². The second kappa shape index (κ2) is 8.12. The van der Waals surface area contributed by atoms with Crippen LogP contribution in [0.4, 0.5) is 10.5 Å². The fraction of sp³-hybridized carbons (Fsp3) is 0.111. The molecule has 0 aliphatic carbocycles. The average molecular weight is 450 g/mol. The lowest BCUT2D eigenvalue weighted by atomic mass is 10.0. The van der Waals surface area contributed by atoms with Crippen molar-refractivity contribution in [2.75, 3.05) is 4.90 Å². The number of amides is 4. The Bertz CT molecular complexity index is 1510. The van der Waals surface area contributed by atoms with Crippen molar-refractivity contribution in [2.24, 2.45) is 0 Å². The maximum Gasteiger partial charge on any atom is 0.335 e. The van der Waals surface area contributed by atoms with Crippen molar-refractivity contribution in [3.8, 4) is 5.69 Å². The highest BCUT2D eigenvalue weighted by Gasteiger charge is 2.37. The van der Waals surface area contributed by atoms with Crippen LogP contribution in [0.25, 0.3) is 22.5 Å². The van der Waals surface area contributed by atoms with Crippen molar-refractivity contribution >= 4 is 40.4 Å². The van der Waals surface area contributed by atoms with Crippen LogP contribution in [0.3, 0.4) is 0 Å². The first-order valence-electron chi connectivity index (χ1n) is 10.9. The summed E-state index contributed by atoms with van der Waals surface area (Å²) in [5, 5.41) is 9.10. The number of anilines is 1. The van der Waals surface area contributed by atoms with Crippen LogP contribution >= 0.6 is 0 Å². The normalized spacial score (nSPS) is 15.3. The van der Waals surface area contributed by atoms with Crippen LogP contribution in [0.5, 0.6) is 0 Å². The van der Waals surface area contributed by atoms with Crippen LogP contribution in [0.15, 0.2) is 72.3 Å². The molecule has 0 radical (unpaired) electrons. The summed E-state index contributed by atoms with van der Waals surface area (Å²) < 4.78 is 1.82. The number of urea groups is 1. The third-order valence-corrected chi connectivity index (χ3v) is 6.02. The van der Waals surface area contributed by atoms with Gasteiger partial charge in [-0.3, -0.25) is 14.9 Å². The number of carbonyl (C=O) groups is 3. The largest absolute Gasteiger partial charge is 0.335 e. The quantitative estimate of drug-likeness (QED) is 0.365. The van der Waals surface area contributed by atoms with Gasteiger partial charge in [0.2, 0.25) is 0 Å². The van der Waals surface area contributed by atoms with E-state index >= 15 is 0 Å². The monoisotopic (exact) mass is 450 g/mol. The number of nitrogens with zero attached hydrogens (tertiary/aromatic N) is 3. The summed E-state index contributed by atoms with van der Waals surface area (Å²) in [6.07, 6.45) is 1.52. The van der Waals surface area contributed by atoms with Crippen molar-refractivity contribution in [1.29, 1.82) is 0 Å². The number of aryl methyl sites for hydroxylation is 2. The molecule has 0 unspecified atom stereocenters. The molecule has 0 atom stereocenters. The minimum Gasteiger partial charge on any atom is -0.273 e. The van der Waals surface area contributed by atoms with Crippen LogP contribution < -0.4 is 10.2 Å². The molecule has 7 nitrogen and oxygen atoms in total. The summed E-state index contributed by atoms with van der Waals surface area (Å²) in [6, 6.07) is 20.2. The standard InChI is InChI=1S/C27H22N4O3/c1-16-11-13-20(14-12-16)30-26(33)23(25(32)28-27(30)34)15-22-17(2)29-31(18(22)3)24-10-6-8-19-7-4-5-9-21(19)24/h4-15H,1-3H3,(H,28,32,34)/b23-15+. The number of rotatable bonds is 3. The minimum absolute atomic E-state index is 0.121. The Balaban J connectivity index is 1.60. The van der Waals surface area contributed by atoms with E-state index in [4.69, 9.17) is 5.10 Å². The van der Waals surface area contributed by atoms with E-state index in [2.05, 4.69) is 5.32 Å². The van der Waals surface area contributed by atoms with Gasteiger partial charge in [0.05, 0.1) is 17.1 Å². The first-order valence-corrected chi connectivity index (χ1v) is 10.9. The third kappa shape index (κ3) is 3.47. The molecule has 7 heteroatoms. The topological polar surface area (TPSA) is 84.3 Å². The van der Waals surface area contributed by atoms with E-state index in [1.54, 1.807) is 24.3 Å². The van der Waals surface area contributed by atoms with E-state index in [0.717, 1.165) is 32.6 Å². The van der Waals surface area contributed by atoms with Gasteiger partial charge in [0.1, 0.15) is 5.57 Å². The Labute approximate surface area is 196 Å². The Morgan fingerprint density at radius 2 is 1.56 bits per heavy atom. The zero-order valence-corrected chi connectivity index (χ0v) is 19.0. The summed E-state index contributed by atoms with van der Waals surface area (Å²) in [5.41, 5.74) is 4.27. The van der Waals surface area contributed by atoms with E-state index in [9.17, 15) is 14.4 Å². The zero-order chi connectivity index (χ0) is 24.0. The number of hydrogen-bond donors (Lipinski definition) is 1. The number of benzene rings is 3. The zero-order valence-electron chi connectivity index (χ0n) is 19.0. The van der Waals surface area contributed by atoms with Crippen molar-refractivity contribution in [2.45, 2.75) is 20.8 Å². The molecule has 0 saturated carbocycles. The molecule has 2 heterocycles. The Morgan fingerprint density at radius 1 is 0.853 bits per heavy atom. The summed E-state index contributed by atoms with van der Waals surface area (Å²) in [6.45, 7) is 5.63. The Kier molecular flexibility index (Phi) is 5.09. The molecule has 1 aromatic heterocycles. The molecule has 168 valence electrons. The predicted molar refractivity (Wildman–Crippen MR) is 131 cm³/mol. The van der Waals surface area contributed by atoms with Gasteiger partial charge in [-0.25, -0.2) is 14.4 Å². The lowest BCUT2D eigenvalue weighted by Gasteiger charge is -2.26. The van der Waals surface area contributed by atoms with Gasteiger partial charge in [-0.05, 0) is 50.4 Å². The van der Waals surface area contributed by atoms with Crippen LogP contribution in [0.2, 0.25) is 0 Å². The predicted octanol–water partition coefficient (Wildman–Crippen LogP) is 4.62. The van der Waals surface area contributed by atoms with Crippen LogP contribution in [0, 0.1) is 20.8 Å². The minimum atomic E-state index is -0.768. The second-order valence-electron chi connectivity index (χ2n) is 8.29. The Hall–Kier alpha value is -4.52. The van der Waals surface area contributed by atoms with Gasteiger partial charge in [-0.15, -0.1) is 0 Å². The van der Waals surface area contributed by atoms with Crippen molar-refractivity contribution in [3.63, 3.8) is 0 Å². The molecule has 1 saturated heterocycles. The maximum atomic E-state index is 13.3. The highest BCUT2D eigenvalue weighted by Crippen LogP contribution is 2.28. The highest BCUT2D eigenvalue weighted by molar-refractivity contribution is 6.39. The van der Waals surface area contributed by atoms with E-state index in [1.807, 2.05) is 67.9 Å². The van der Waals surface area contributed by atoms with Gasteiger partial charge in [0.15, 0.2) is 0 Å². The number of carbonyl (C=O) groups excluding carboxylic acids is 3. The van der Waals surface area contributed by atoms with Crippen LogP contribution in [-0.4, -0.2) is 27.6 Å². The van der Waals surface area contributed by atoms with E-state index in [-0.39, 0.29) is 5.57 Å². The van der Waals surface area contributed by atoms with Gasteiger partial charge < -0.3 is 0 Å². The van der Waals surface area contributed by atoms with E-state index in [0.29, 0.717) is 16.9 Å². The number of barbiturate groups is 1. The van der Waals surface area contributed by atoms with Crippen LogP contribution in [-0.2, 0) is 9.59 Å². The molecule has 4 amide bonds. The van der Waals surface area contributed by atoms with Gasteiger partial charge in [0.25, 0.3) is 11.8 Å². The number of imide groups is 2. The summed E-state index contributed by atoms with van der Waals surface area (Å²) in [5.74, 6) is -1.40. The van der Waals surface area contributed by atoms with Crippen molar-refractivity contribution < 1.29 is 14.4 Å². The fourth-order valence-electron chi connectivity index (χ4n) is 4.22. The van der Waals surface area contributed by atoms with Gasteiger partial charge >= 0.3 is 6.03 Å². The van der Waals surface area contributed by atoms with Gasteiger partial charge in [0, 0.05) is 16.6 Å². The maximum absolute atomic E-state index is 13.3. The van der Waals surface area contributed by atoms with Crippen molar-refractivity contribution in [3.05, 3.63) is 94.8 Å². The molecule has 5 rings (SSSR count). The second-order valence-corrected chi connectivity index (χ2v) is 8.29. The molecule has 0 spiro atoms. The third-order valence-electron chi connectivity index (χ3n) is 6.02. The van der Waals surface area contributed by atoms with Gasteiger partial charge in [-0.1, -0.05) is 54.1 Å². The number of hydrogen-bond acceptors (Lipinski definition) is 4. The molecular weight excluding hydrogens is 428 g/mol. The summed E-state index contributed by atoms with van der Waals surface area (Å²) in [7, 11) is 0. The molecule has 1 fully saturated rings. The molecule has 1 aliphatic heterocycles. The summed E-state index contributed by atoms with van der Waals surface area (Å²) >= 11 is 0. The van der Waals surface area contributed by atoms with Gasteiger partial charge in [-0.2, -0.15) is 5.10 Å². The number of aromatic nitrogens is 2. The van der Waals surface area contributed by atoms with Crippen molar-refractivity contribution in [1.82, 2.24) is 15.1 Å². The molecule has 4 aromatic rings. The highest BCUT2D eigenvalue weighted by atomic mass is 16.2. The number of nitrogens with one attached hydrogen (secondary N) is 1. The lowest BCUT2D eigenvalue weighted by molar-refractivity contribution is -0.122.